The van der Waals surface area contributed by atoms with E-state index in [4.69, 9.17) is 4.74 Å². The van der Waals surface area contributed by atoms with E-state index < -0.39 is 29.4 Å². The number of fused-ring (bicyclic) bond motifs is 1. The molecule has 2 saturated heterocycles. The molecule has 2 fully saturated rings. The molecule has 6 nitrogen and oxygen atoms in total. The number of methoxy groups -OCH3 is 1. The van der Waals surface area contributed by atoms with E-state index in [1.807, 2.05) is 37.3 Å². The third-order valence-corrected chi connectivity index (χ3v) is 5.95. The minimum atomic E-state index is -1.42. The molecule has 2 amide bonds. The number of benzene rings is 2. The summed E-state index contributed by atoms with van der Waals surface area (Å²) in [5.41, 5.74) is 1.14. The van der Waals surface area contributed by atoms with Gasteiger partial charge < -0.3 is 4.74 Å². The summed E-state index contributed by atoms with van der Waals surface area (Å²) in [6, 6.07) is 16.3. The molecule has 4 atom stereocenters. The Balaban J connectivity index is 1.94. The zero-order valence-electron chi connectivity index (χ0n) is 16.0. The molecule has 0 spiro atoms. The number of rotatable bonds is 3. The second-order valence-corrected chi connectivity index (χ2v) is 7.44. The number of likely N-dealkylation sites (tertiary alicyclic amines) is 1. The number of amides is 2. The highest BCUT2D eigenvalue weighted by molar-refractivity contribution is 6.09. The summed E-state index contributed by atoms with van der Waals surface area (Å²) < 4.78 is 5.14. The van der Waals surface area contributed by atoms with Crippen LogP contribution < -0.4 is 5.32 Å². The minimum Gasteiger partial charge on any atom is -0.467 e. The molecule has 2 aliphatic rings. The predicted octanol–water partition coefficient (Wildman–Crippen LogP) is 1.94. The molecular formula is C22H22N2O4. The molecular weight excluding hydrogens is 356 g/mol. The number of hydrogen-bond acceptors (Lipinski definition) is 5. The average molecular weight is 378 g/mol. The molecule has 6 heteroatoms. The van der Waals surface area contributed by atoms with Crippen LogP contribution in [0.5, 0.6) is 0 Å². The van der Waals surface area contributed by atoms with Gasteiger partial charge in [-0.25, -0.2) is 4.79 Å². The SMILES string of the molecule is COC(=O)[C@]1(c2ccccc2)N[C@H](c2ccc(C)cc2)[C@@H]2C(=O)N(C)C(=O)[C@@H]21. The first kappa shape index (κ1) is 18.4. The van der Waals surface area contributed by atoms with E-state index in [0.717, 1.165) is 16.0 Å². The number of aryl methyl sites for hydroxylation is 1. The van der Waals surface area contributed by atoms with Crippen molar-refractivity contribution >= 4 is 17.8 Å². The third kappa shape index (κ3) is 2.41. The summed E-state index contributed by atoms with van der Waals surface area (Å²) in [7, 11) is 2.77. The van der Waals surface area contributed by atoms with Gasteiger partial charge in [0.2, 0.25) is 11.8 Å². The van der Waals surface area contributed by atoms with Crippen LogP contribution in [-0.4, -0.2) is 36.8 Å². The Labute approximate surface area is 163 Å². The fourth-order valence-corrected chi connectivity index (χ4v) is 4.54. The van der Waals surface area contributed by atoms with Crippen LogP contribution in [0.4, 0.5) is 0 Å². The van der Waals surface area contributed by atoms with Crippen LogP contribution in [0.1, 0.15) is 22.7 Å². The van der Waals surface area contributed by atoms with E-state index in [9.17, 15) is 14.4 Å². The van der Waals surface area contributed by atoms with Crippen LogP contribution in [0.15, 0.2) is 54.6 Å². The lowest BCUT2D eigenvalue weighted by Gasteiger charge is -2.32. The van der Waals surface area contributed by atoms with Crippen molar-refractivity contribution in [1.82, 2.24) is 10.2 Å². The maximum Gasteiger partial charge on any atom is 0.331 e. The van der Waals surface area contributed by atoms with Gasteiger partial charge in [0, 0.05) is 13.1 Å². The quantitative estimate of drug-likeness (QED) is 0.653. The van der Waals surface area contributed by atoms with Crippen LogP contribution in [0.2, 0.25) is 0 Å². The number of carbonyl (C=O) groups excluding carboxylic acids is 3. The lowest BCUT2D eigenvalue weighted by atomic mass is 9.75. The Hall–Kier alpha value is -2.99. The van der Waals surface area contributed by atoms with Gasteiger partial charge >= 0.3 is 5.97 Å². The van der Waals surface area contributed by atoms with Crippen LogP contribution >= 0.6 is 0 Å². The molecule has 1 N–H and O–H groups in total. The van der Waals surface area contributed by atoms with Gasteiger partial charge in [0.05, 0.1) is 18.9 Å². The van der Waals surface area contributed by atoms with Gasteiger partial charge in [0.1, 0.15) is 0 Å². The monoisotopic (exact) mass is 378 g/mol. The standard InChI is InChI=1S/C22H22N2O4/c1-13-9-11-14(12-10-13)18-16-17(20(26)24(2)19(16)25)22(23-18,21(27)28-3)15-7-5-4-6-8-15/h4-12,16-18,23H,1-3H3/t16-,17-,18-,22-/m1/s1. The molecule has 0 saturated carbocycles. The maximum absolute atomic E-state index is 13.1. The molecule has 2 aromatic carbocycles. The molecule has 2 heterocycles. The van der Waals surface area contributed by atoms with Gasteiger partial charge in [-0.2, -0.15) is 0 Å². The number of hydrogen-bond donors (Lipinski definition) is 1. The number of nitrogens with one attached hydrogen (secondary N) is 1. The largest absolute Gasteiger partial charge is 0.467 e. The topological polar surface area (TPSA) is 75.7 Å². The van der Waals surface area contributed by atoms with Crippen molar-refractivity contribution in [2.45, 2.75) is 18.5 Å². The van der Waals surface area contributed by atoms with Crippen molar-refractivity contribution in [2.24, 2.45) is 11.8 Å². The van der Waals surface area contributed by atoms with Crippen LogP contribution in [0, 0.1) is 18.8 Å². The van der Waals surface area contributed by atoms with Gasteiger partial charge in [-0.3, -0.25) is 19.8 Å². The Morgan fingerprint density at radius 1 is 1.04 bits per heavy atom. The van der Waals surface area contributed by atoms with E-state index >= 15 is 0 Å². The van der Waals surface area contributed by atoms with Crippen molar-refractivity contribution < 1.29 is 19.1 Å². The van der Waals surface area contributed by atoms with Crippen LogP contribution in [0.25, 0.3) is 0 Å². The first-order valence-electron chi connectivity index (χ1n) is 9.21. The van der Waals surface area contributed by atoms with Crippen LogP contribution in [-0.2, 0) is 24.7 Å². The lowest BCUT2D eigenvalue weighted by molar-refractivity contribution is -0.154. The molecule has 0 unspecified atom stereocenters. The highest BCUT2D eigenvalue weighted by Gasteiger charge is 2.68. The number of carbonyl (C=O) groups is 3. The molecule has 0 aliphatic carbocycles. The number of ether oxygens (including phenoxy) is 1. The van der Waals surface area contributed by atoms with E-state index in [2.05, 4.69) is 5.32 Å². The predicted molar refractivity (Wildman–Crippen MR) is 102 cm³/mol. The van der Waals surface area contributed by atoms with Crippen molar-refractivity contribution in [3.63, 3.8) is 0 Å². The van der Waals surface area contributed by atoms with E-state index in [1.54, 1.807) is 24.3 Å². The Morgan fingerprint density at radius 2 is 1.68 bits per heavy atom. The van der Waals surface area contributed by atoms with Crippen LogP contribution in [0.3, 0.4) is 0 Å². The molecule has 4 rings (SSSR count). The molecule has 0 bridgehead atoms. The summed E-state index contributed by atoms with van der Waals surface area (Å²) in [4.78, 5) is 40.3. The highest BCUT2D eigenvalue weighted by atomic mass is 16.5. The maximum atomic E-state index is 13.1. The smallest absolute Gasteiger partial charge is 0.331 e. The Kier molecular flexibility index (Phi) is 4.31. The minimum absolute atomic E-state index is 0.283. The Bertz CT molecular complexity index is 941. The summed E-state index contributed by atoms with van der Waals surface area (Å²) >= 11 is 0. The molecule has 2 aromatic rings. The fourth-order valence-electron chi connectivity index (χ4n) is 4.54. The van der Waals surface area contributed by atoms with Gasteiger partial charge in [-0.05, 0) is 18.1 Å². The van der Waals surface area contributed by atoms with Crippen molar-refractivity contribution in [1.29, 1.82) is 0 Å². The number of imide groups is 1. The van der Waals surface area contributed by atoms with Crippen molar-refractivity contribution in [3.05, 3.63) is 71.3 Å². The summed E-state index contributed by atoms with van der Waals surface area (Å²) in [6.45, 7) is 1.98. The second-order valence-electron chi connectivity index (χ2n) is 7.44. The normalized spacial score (nSPS) is 29.1. The number of esters is 1. The van der Waals surface area contributed by atoms with Gasteiger partial charge in [0.25, 0.3) is 0 Å². The fraction of sp³-hybridized carbons (Fsp3) is 0.318. The lowest BCUT2D eigenvalue weighted by Crippen LogP contribution is -2.53. The molecule has 0 aromatic heterocycles. The third-order valence-electron chi connectivity index (χ3n) is 5.95. The summed E-state index contributed by atoms with van der Waals surface area (Å²) in [5, 5.41) is 3.35. The van der Waals surface area contributed by atoms with Gasteiger partial charge in [0.15, 0.2) is 5.54 Å². The number of nitrogens with zero attached hydrogens (tertiary/aromatic N) is 1. The molecule has 144 valence electrons. The first-order valence-corrected chi connectivity index (χ1v) is 9.21. The molecule has 28 heavy (non-hydrogen) atoms. The van der Waals surface area contributed by atoms with E-state index in [0.29, 0.717) is 5.56 Å². The van der Waals surface area contributed by atoms with E-state index in [1.165, 1.54) is 14.2 Å². The zero-order chi connectivity index (χ0) is 20.1. The van der Waals surface area contributed by atoms with E-state index in [-0.39, 0.29) is 11.8 Å². The van der Waals surface area contributed by atoms with Gasteiger partial charge in [-0.15, -0.1) is 0 Å². The summed E-state index contributed by atoms with van der Waals surface area (Å²) in [5.74, 6) is -2.77. The van der Waals surface area contributed by atoms with Crippen molar-refractivity contribution in [3.8, 4) is 0 Å². The molecule has 2 aliphatic heterocycles. The molecule has 0 radical (unpaired) electrons. The van der Waals surface area contributed by atoms with Gasteiger partial charge in [-0.1, -0.05) is 60.2 Å². The summed E-state index contributed by atoms with van der Waals surface area (Å²) in [6.07, 6.45) is 0. The average Bonchev–Trinajstić information content (AvgIpc) is 3.19. The first-order chi connectivity index (χ1) is 13.4. The second kappa shape index (κ2) is 6.56. The zero-order valence-corrected chi connectivity index (χ0v) is 16.0. The highest BCUT2D eigenvalue weighted by Crippen LogP contribution is 2.53. The van der Waals surface area contributed by atoms with Crippen molar-refractivity contribution in [2.75, 3.05) is 14.2 Å². The Morgan fingerprint density at radius 3 is 2.29 bits per heavy atom.